The second kappa shape index (κ2) is 17.1. The molecular weight excluding hydrogens is 642 g/mol. The molecule has 1 aliphatic rings. The minimum absolute atomic E-state index is 0.202. The molecule has 0 aliphatic carbocycles. The number of nitriles is 1. The highest BCUT2D eigenvalue weighted by molar-refractivity contribution is 6.32. The SMILES string of the molecule is Cc1c(COc2cc(OCc3cccc(C#N)c3)c(CNC(CCCCN(C)C)C(=O)O)cc2Cl)cccc1-c1ccc2c(c1)OCCO2. The minimum Gasteiger partial charge on any atom is -0.488 e. The molecule has 1 heterocycles. The Morgan fingerprint density at radius 3 is 2.51 bits per heavy atom. The van der Waals surface area contributed by atoms with E-state index in [0.29, 0.717) is 47.3 Å². The number of carbonyl (C=O) groups is 1. The van der Waals surface area contributed by atoms with Gasteiger partial charge in [-0.25, -0.2) is 0 Å². The van der Waals surface area contributed by atoms with Crippen LogP contribution in [0.4, 0.5) is 0 Å². The average Bonchev–Trinajstić information content (AvgIpc) is 3.10. The third-order valence-corrected chi connectivity index (χ3v) is 8.73. The van der Waals surface area contributed by atoms with Gasteiger partial charge >= 0.3 is 5.97 Å². The lowest BCUT2D eigenvalue weighted by atomic mass is 9.96. The van der Waals surface area contributed by atoms with Crippen molar-refractivity contribution >= 4 is 17.6 Å². The van der Waals surface area contributed by atoms with Crippen LogP contribution in [0.25, 0.3) is 11.1 Å². The number of aliphatic carboxylic acids is 1. The first kappa shape index (κ1) is 35.6. The van der Waals surface area contributed by atoms with E-state index in [0.717, 1.165) is 58.7 Å². The van der Waals surface area contributed by atoms with E-state index in [1.807, 2.05) is 56.6 Å². The van der Waals surface area contributed by atoms with Gasteiger partial charge in [-0.15, -0.1) is 0 Å². The minimum atomic E-state index is -0.902. The van der Waals surface area contributed by atoms with Crippen LogP contribution in [0.3, 0.4) is 0 Å². The van der Waals surface area contributed by atoms with E-state index in [2.05, 4.69) is 29.3 Å². The molecule has 0 aromatic heterocycles. The van der Waals surface area contributed by atoms with Gasteiger partial charge in [0.05, 0.1) is 16.7 Å². The maximum absolute atomic E-state index is 12.1. The number of carboxylic acids is 1. The largest absolute Gasteiger partial charge is 0.488 e. The number of benzene rings is 4. The second-order valence-electron chi connectivity index (χ2n) is 12.3. The van der Waals surface area contributed by atoms with Gasteiger partial charge in [0, 0.05) is 18.2 Å². The molecular formula is C39H42ClN3O6. The summed E-state index contributed by atoms with van der Waals surface area (Å²) in [5.74, 6) is 1.52. The zero-order valence-electron chi connectivity index (χ0n) is 28.1. The molecule has 0 amide bonds. The molecule has 10 heteroatoms. The molecule has 2 N–H and O–H groups in total. The normalized spacial score (nSPS) is 12.7. The third-order valence-electron chi connectivity index (χ3n) is 8.43. The number of ether oxygens (including phenoxy) is 4. The van der Waals surface area contributed by atoms with E-state index in [1.54, 1.807) is 24.3 Å². The van der Waals surface area contributed by atoms with Crippen LogP contribution in [0.1, 0.15) is 47.1 Å². The van der Waals surface area contributed by atoms with Crippen molar-refractivity contribution in [2.75, 3.05) is 33.9 Å². The molecule has 0 fully saturated rings. The van der Waals surface area contributed by atoms with Crippen molar-refractivity contribution in [2.45, 2.75) is 52.0 Å². The molecule has 1 atom stereocenters. The van der Waals surface area contributed by atoms with Gasteiger partial charge in [-0.3, -0.25) is 4.79 Å². The number of hydrogen-bond acceptors (Lipinski definition) is 8. The lowest BCUT2D eigenvalue weighted by molar-refractivity contribution is -0.139. The number of nitrogens with zero attached hydrogens (tertiary/aromatic N) is 2. The predicted molar refractivity (Wildman–Crippen MR) is 190 cm³/mol. The van der Waals surface area contributed by atoms with E-state index in [4.69, 9.17) is 30.5 Å². The van der Waals surface area contributed by atoms with E-state index < -0.39 is 12.0 Å². The maximum atomic E-state index is 12.1. The number of halogens is 1. The standard InChI is InChI=1S/C39H42ClN3O6/c1-26-30(10-7-11-32(26)29-13-14-35-38(20-29)47-17-16-46-35)25-49-37-21-36(48-24-28-9-6-8-27(18-28)22-41)31(19-33(37)40)23-42-34(39(44)45)12-4-5-15-43(2)3/h6-11,13-14,18-21,34,42H,4-5,12,15-17,23-25H2,1-3H3,(H,44,45). The predicted octanol–water partition coefficient (Wildman–Crippen LogP) is 7.39. The molecule has 0 radical (unpaired) electrons. The molecule has 5 rings (SSSR count). The van der Waals surface area contributed by atoms with Gasteiger partial charge in [-0.05, 0) is 98.6 Å². The molecule has 0 spiro atoms. The van der Waals surface area contributed by atoms with Crippen LogP contribution < -0.4 is 24.3 Å². The van der Waals surface area contributed by atoms with Crippen LogP contribution in [0.5, 0.6) is 23.0 Å². The zero-order valence-corrected chi connectivity index (χ0v) is 28.9. The summed E-state index contributed by atoms with van der Waals surface area (Å²) in [5, 5.41) is 22.8. The first-order valence-electron chi connectivity index (χ1n) is 16.4. The van der Waals surface area contributed by atoms with E-state index >= 15 is 0 Å². The molecule has 1 unspecified atom stereocenters. The van der Waals surface area contributed by atoms with E-state index in [1.165, 1.54) is 0 Å². The van der Waals surface area contributed by atoms with Crippen LogP contribution >= 0.6 is 11.6 Å². The summed E-state index contributed by atoms with van der Waals surface area (Å²) in [6, 6.07) is 24.2. The van der Waals surface area contributed by atoms with Crippen LogP contribution in [0.15, 0.2) is 72.8 Å². The highest BCUT2D eigenvalue weighted by Gasteiger charge is 2.20. The number of unbranched alkanes of at least 4 members (excludes halogenated alkanes) is 1. The van der Waals surface area contributed by atoms with Crippen molar-refractivity contribution in [3.8, 4) is 40.2 Å². The fourth-order valence-corrected chi connectivity index (χ4v) is 5.93. The number of rotatable bonds is 16. The number of hydrogen-bond donors (Lipinski definition) is 2. The molecule has 4 aromatic rings. The van der Waals surface area contributed by atoms with Gasteiger partial charge in [-0.2, -0.15) is 5.26 Å². The Morgan fingerprint density at radius 1 is 0.959 bits per heavy atom. The lowest BCUT2D eigenvalue weighted by Crippen LogP contribution is -2.36. The summed E-state index contributed by atoms with van der Waals surface area (Å²) in [6.07, 6.45) is 2.19. The molecule has 4 aromatic carbocycles. The molecule has 49 heavy (non-hydrogen) atoms. The molecule has 0 saturated heterocycles. The van der Waals surface area contributed by atoms with Crippen LogP contribution in [0, 0.1) is 18.3 Å². The third kappa shape index (κ3) is 9.67. The Balaban J connectivity index is 1.34. The average molecular weight is 684 g/mol. The fourth-order valence-electron chi connectivity index (χ4n) is 5.69. The summed E-state index contributed by atoms with van der Waals surface area (Å²) in [4.78, 5) is 14.1. The van der Waals surface area contributed by atoms with Gasteiger partial charge in [-0.1, -0.05) is 54.4 Å². The van der Waals surface area contributed by atoms with Crippen molar-refractivity contribution in [1.82, 2.24) is 10.2 Å². The van der Waals surface area contributed by atoms with Gasteiger partial charge in [0.15, 0.2) is 11.5 Å². The highest BCUT2D eigenvalue weighted by atomic mass is 35.5. The fraction of sp³-hybridized carbons (Fsp3) is 0.333. The quantitative estimate of drug-likeness (QED) is 0.117. The molecule has 1 aliphatic heterocycles. The van der Waals surface area contributed by atoms with Gasteiger partial charge in [0.2, 0.25) is 0 Å². The topological polar surface area (TPSA) is 113 Å². The van der Waals surface area contributed by atoms with Crippen molar-refractivity contribution < 1.29 is 28.8 Å². The first-order valence-corrected chi connectivity index (χ1v) is 16.8. The van der Waals surface area contributed by atoms with Gasteiger partial charge in [0.25, 0.3) is 0 Å². The number of carboxylic acid groups (broad SMARTS) is 1. The van der Waals surface area contributed by atoms with Crippen molar-refractivity contribution in [3.05, 3.63) is 106 Å². The molecule has 0 bridgehead atoms. The van der Waals surface area contributed by atoms with Crippen molar-refractivity contribution in [3.63, 3.8) is 0 Å². The Morgan fingerprint density at radius 2 is 1.73 bits per heavy atom. The first-order chi connectivity index (χ1) is 23.7. The maximum Gasteiger partial charge on any atom is 0.320 e. The van der Waals surface area contributed by atoms with Crippen LogP contribution in [-0.4, -0.2) is 55.9 Å². The summed E-state index contributed by atoms with van der Waals surface area (Å²) in [7, 11) is 4.00. The Hall–Kier alpha value is -4.75. The Bertz CT molecular complexity index is 1800. The summed E-state index contributed by atoms with van der Waals surface area (Å²) >= 11 is 6.78. The van der Waals surface area contributed by atoms with E-state index in [9.17, 15) is 15.2 Å². The second-order valence-corrected chi connectivity index (χ2v) is 12.7. The highest BCUT2D eigenvalue weighted by Crippen LogP contribution is 2.37. The van der Waals surface area contributed by atoms with Gasteiger partial charge in [0.1, 0.15) is 44.0 Å². The zero-order chi connectivity index (χ0) is 34.8. The van der Waals surface area contributed by atoms with E-state index in [-0.39, 0.29) is 19.8 Å². The summed E-state index contributed by atoms with van der Waals surface area (Å²) < 4.78 is 24.1. The van der Waals surface area contributed by atoms with Crippen LogP contribution in [0.2, 0.25) is 5.02 Å². The number of fused-ring (bicyclic) bond motifs is 1. The molecule has 9 nitrogen and oxygen atoms in total. The number of nitrogens with one attached hydrogen (secondary N) is 1. The van der Waals surface area contributed by atoms with Gasteiger partial charge < -0.3 is 34.3 Å². The summed E-state index contributed by atoms with van der Waals surface area (Å²) in [6.45, 7) is 4.72. The lowest BCUT2D eigenvalue weighted by Gasteiger charge is -2.20. The smallest absolute Gasteiger partial charge is 0.320 e. The monoisotopic (exact) mass is 683 g/mol. The molecule has 256 valence electrons. The molecule has 0 saturated carbocycles. The van der Waals surface area contributed by atoms with Crippen molar-refractivity contribution in [1.29, 1.82) is 5.26 Å². The Kier molecular flexibility index (Phi) is 12.4. The summed E-state index contributed by atoms with van der Waals surface area (Å²) in [5.41, 5.74) is 6.20. The Labute approximate surface area is 292 Å². The van der Waals surface area contributed by atoms with Crippen molar-refractivity contribution in [2.24, 2.45) is 0 Å². The van der Waals surface area contributed by atoms with Crippen LogP contribution in [-0.2, 0) is 24.6 Å².